The van der Waals surface area contributed by atoms with E-state index in [2.05, 4.69) is 16.0 Å². The van der Waals surface area contributed by atoms with Gasteiger partial charge in [-0.2, -0.15) is 0 Å². The molecule has 0 aliphatic heterocycles. The second-order valence-corrected chi connectivity index (χ2v) is 4.84. The van der Waals surface area contributed by atoms with Crippen molar-refractivity contribution in [1.29, 1.82) is 0 Å². The van der Waals surface area contributed by atoms with Crippen molar-refractivity contribution in [3.05, 3.63) is 29.8 Å². The summed E-state index contributed by atoms with van der Waals surface area (Å²) in [7, 11) is 0. The molecule has 5 nitrogen and oxygen atoms in total. The van der Waals surface area contributed by atoms with Gasteiger partial charge in [-0.25, -0.2) is 0 Å². The van der Waals surface area contributed by atoms with Gasteiger partial charge in [-0.1, -0.05) is 32.0 Å². The monoisotopic (exact) mass is 327 g/mol. The predicted octanol–water partition coefficient (Wildman–Crippen LogP) is 2.46. The molecule has 0 spiro atoms. The topological polar surface area (TPSA) is 70.2 Å². The first-order valence-electron chi connectivity index (χ1n) is 7.52. The Labute approximate surface area is 138 Å². The summed E-state index contributed by atoms with van der Waals surface area (Å²) < 4.78 is 0. The van der Waals surface area contributed by atoms with E-state index in [9.17, 15) is 9.59 Å². The summed E-state index contributed by atoms with van der Waals surface area (Å²) in [5.41, 5.74) is 1.85. The summed E-state index contributed by atoms with van der Waals surface area (Å²) in [6.45, 7) is 6.28. The van der Waals surface area contributed by atoms with Crippen molar-refractivity contribution in [3.8, 4) is 0 Å². The highest BCUT2D eigenvalue weighted by atomic mass is 35.5. The molecule has 0 unspecified atom stereocenters. The first-order chi connectivity index (χ1) is 10.2. The Morgan fingerprint density at radius 2 is 1.73 bits per heavy atom. The van der Waals surface area contributed by atoms with Gasteiger partial charge in [0, 0.05) is 31.6 Å². The molecule has 6 heteroatoms. The molecule has 22 heavy (non-hydrogen) atoms. The Morgan fingerprint density at radius 1 is 1.05 bits per heavy atom. The molecule has 0 saturated carbocycles. The minimum absolute atomic E-state index is 0. The van der Waals surface area contributed by atoms with E-state index in [1.165, 1.54) is 0 Å². The van der Waals surface area contributed by atoms with Gasteiger partial charge in [0.05, 0.1) is 0 Å². The lowest BCUT2D eigenvalue weighted by Gasteiger charge is -2.11. The third kappa shape index (κ3) is 8.00. The Morgan fingerprint density at radius 3 is 2.41 bits per heavy atom. The van der Waals surface area contributed by atoms with Gasteiger partial charge in [0.25, 0.3) is 0 Å². The highest BCUT2D eigenvalue weighted by Crippen LogP contribution is 2.15. The number of rotatable bonds is 9. The fraction of sp³-hybridized carbons (Fsp3) is 0.500. The van der Waals surface area contributed by atoms with Crippen LogP contribution in [0.25, 0.3) is 0 Å². The summed E-state index contributed by atoms with van der Waals surface area (Å²) >= 11 is 0. The van der Waals surface area contributed by atoms with Crippen LogP contribution in [0.1, 0.15) is 38.7 Å². The van der Waals surface area contributed by atoms with Crippen LogP contribution in [0.5, 0.6) is 0 Å². The molecule has 0 heterocycles. The lowest BCUT2D eigenvalue weighted by atomic mass is 10.1. The molecule has 1 aromatic rings. The smallest absolute Gasteiger partial charge is 0.224 e. The van der Waals surface area contributed by atoms with Crippen LogP contribution < -0.4 is 16.0 Å². The van der Waals surface area contributed by atoms with Crippen molar-refractivity contribution in [2.75, 3.05) is 18.4 Å². The van der Waals surface area contributed by atoms with E-state index in [0.717, 1.165) is 24.2 Å². The molecular formula is C16H26ClN3O2. The summed E-state index contributed by atoms with van der Waals surface area (Å²) in [5, 5.41) is 8.87. The zero-order valence-corrected chi connectivity index (χ0v) is 14.1. The van der Waals surface area contributed by atoms with E-state index in [0.29, 0.717) is 13.1 Å². The largest absolute Gasteiger partial charge is 0.356 e. The molecule has 0 radical (unpaired) electrons. The molecule has 0 bridgehead atoms. The number of amides is 2. The number of hydrogen-bond donors (Lipinski definition) is 3. The van der Waals surface area contributed by atoms with Crippen LogP contribution in [-0.4, -0.2) is 24.9 Å². The third-order valence-corrected chi connectivity index (χ3v) is 3.01. The van der Waals surface area contributed by atoms with Gasteiger partial charge < -0.3 is 16.0 Å². The SMILES string of the molecule is CCCNC(=O)CCC(=O)Nc1ccccc1CNCC.Cl. The molecule has 0 fully saturated rings. The Hall–Kier alpha value is -1.59. The van der Waals surface area contributed by atoms with Crippen molar-refractivity contribution in [3.63, 3.8) is 0 Å². The Kier molecular flexibility index (Phi) is 11.1. The maximum absolute atomic E-state index is 11.9. The maximum atomic E-state index is 11.9. The number of hydrogen-bond acceptors (Lipinski definition) is 3. The average molecular weight is 328 g/mol. The van der Waals surface area contributed by atoms with Gasteiger partial charge in [-0.3, -0.25) is 9.59 Å². The number of carbonyl (C=O) groups excluding carboxylic acids is 2. The fourth-order valence-corrected chi connectivity index (χ4v) is 1.85. The van der Waals surface area contributed by atoms with Gasteiger partial charge in [0.15, 0.2) is 0 Å². The molecule has 0 saturated heterocycles. The van der Waals surface area contributed by atoms with Crippen LogP contribution in [0, 0.1) is 0 Å². The summed E-state index contributed by atoms with van der Waals surface area (Å²) in [6, 6.07) is 7.69. The lowest BCUT2D eigenvalue weighted by molar-refractivity contribution is -0.124. The van der Waals surface area contributed by atoms with E-state index >= 15 is 0 Å². The number of carbonyl (C=O) groups is 2. The average Bonchev–Trinajstić information content (AvgIpc) is 2.50. The second kappa shape index (κ2) is 12.0. The van der Waals surface area contributed by atoms with Crippen LogP contribution in [0.2, 0.25) is 0 Å². The predicted molar refractivity (Wildman–Crippen MR) is 92.2 cm³/mol. The molecule has 0 aromatic heterocycles. The summed E-state index contributed by atoms with van der Waals surface area (Å²) in [6.07, 6.45) is 1.32. The zero-order valence-electron chi connectivity index (χ0n) is 13.3. The van der Waals surface area contributed by atoms with Gasteiger partial charge >= 0.3 is 0 Å². The molecule has 1 aromatic carbocycles. The first-order valence-corrected chi connectivity index (χ1v) is 7.52. The first kappa shape index (κ1) is 20.4. The van der Waals surface area contributed by atoms with Crippen molar-refractivity contribution in [2.24, 2.45) is 0 Å². The normalized spacial score (nSPS) is 9.73. The van der Waals surface area contributed by atoms with Crippen molar-refractivity contribution in [2.45, 2.75) is 39.7 Å². The lowest BCUT2D eigenvalue weighted by Crippen LogP contribution is -2.25. The van der Waals surface area contributed by atoms with Crippen LogP contribution in [-0.2, 0) is 16.1 Å². The van der Waals surface area contributed by atoms with Crippen molar-refractivity contribution >= 4 is 29.9 Å². The second-order valence-electron chi connectivity index (χ2n) is 4.84. The molecule has 2 amide bonds. The van der Waals surface area contributed by atoms with Gasteiger partial charge in [0.1, 0.15) is 0 Å². The molecule has 3 N–H and O–H groups in total. The summed E-state index contributed by atoms with van der Waals surface area (Å²) in [4.78, 5) is 23.4. The summed E-state index contributed by atoms with van der Waals surface area (Å²) in [5.74, 6) is -0.210. The molecular weight excluding hydrogens is 302 g/mol. The van der Waals surface area contributed by atoms with Gasteiger partial charge in [-0.05, 0) is 24.6 Å². The fourth-order valence-electron chi connectivity index (χ4n) is 1.85. The highest BCUT2D eigenvalue weighted by molar-refractivity contribution is 5.93. The molecule has 0 aliphatic carbocycles. The zero-order chi connectivity index (χ0) is 15.5. The van der Waals surface area contributed by atoms with Crippen molar-refractivity contribution < 1.29 is 9.59 Å². The van der Waals surface area contributed by atoms with E-state index in [1.807, 2.05) is 38.1 Å². The molecule has 124 valence electrons. The van der Waals surface area contributed by atoms with E-state index in [1.54, 1.807) is 0 Å². The Balaban J connectivity index is 0.00000441. The van der Waals surface area contributed by atoms with Gasteiger partial charge in [0.2, 0.25) is 11.8 Å². The van der Waals surface area contributed by atoms with Crippen LogP contribution in [0.3, 0.4) is 0 Å². The molecule has 0 atom stereocenters. The number of anilines is 1. The number of benzene rings is 1. The van der Waals surface area contributed by atoms with Gasteiger partial charge in [-0.15, -0.1) is 12.4 Å². The minimum atomic E-state index is -0.134. The maximum Gasteiger partial charge on any atom is 0.224 e. The number of halogens is 1. The number of para-hydroxylation sites is 1. The Bertz CT molecular complexity index is 466. The third-order valence-electron chi connectivity index (χ3n) is 3.01. The van der Waals surface area contributed by atoms with Crippen LogP contribution in [0.4, 0.5) is 5.69 Å². The number of nitrogens with one attached hydrogen (secondary N) is 3. The van der Waals surface area contributed by atoms with E-state index < -0.39 is 0 Å². The quantitative estimate of drug-likeness (QED) is 0.652. The highest BCUT2D eigenvalue weighted by Gasteiger charge is 2.08. The molecule has 0 aliphatic rings. The van der Waals surface area contributed by atoms with E-state index in [-0.39, 0.29) is 37.1 Å². The van der Waals surface area contributed by atoms with Crippen LogP contribution in [0.15, 0.2) is 24.3 Å². The molecule has 1 rings (SSSR count). The standard InChI is InChI=1S/C16H25N3O2.ClH/c1-3-11-18-15(20)9-10-16(21)19-14-8-6-5-7-13(14)12-17-4-2;/h5-8,17H,3-4,9-12H2,1-2H3,(H,18,20)(H,19,21);1H. The van der Waals surface area contributed by atoms with Crippen LogP contribution >= 0.6 is 12.4 Å². The van der Waals surface area contributed by atoms with E-state index in [4.69, 9.17) is 0 Å². The minimum Gasteiger partial charge on any atom is -0.356 e. The van der Waals surface area contributed by atoms with Crippen molar-refractivity contribution in [1.82, 2.24) is 10.6 Å².